The van der Waals surface area contributed by atoms with Crippen molar-refractivity contribution in [1.29, 1.82) is 0 Å². The molecule has 1 aromatic carbocycles. The number of benzene rings is 1. The van der Waals surface area contributed by atoms with Crippen molar-refractivity contribution in [3.8, 4) is 17.0 Å². The molecule has 3 aromatic rings. The molecular weight excluding hydrogens is 360 g/mol. The minimum absolute atomic E-state index is 0.00388. The molecule has 0 unspecified atom stereocenters. The Bertz CT molecular complexity index is 1100. The number of aromatic nitrogens is 2. The second kappa shape index (κ2) is 7.59. The molecule has 0 saturated carbocycles. The molecule has 8 nitrogen and oxygen atoms in total. The van der Waals surface area contributed by atoms with Gasteiger partial charge in [-0.15, -0.1) is 0 Å². The molecule has 146 valence electrons. The highest BCUT2D eigenvalue weighted by Crippen LogP contribution is 2.26. The van der Waals surface area contributed by atoms with Crippen LogP contribution < -0.4 is 21.3 Å². The molecule has 0 radical (unpaired) electrons. The minimum atomic E-state index is -0.534. The first-order valence-electron chi connectivity index (χ1n) is 8.68. The number of ether oxygens (including phenoxy) is 1. The second-order valence-corrected chi connectivity index (χ2v) is 6.53. The number of nitrogens with zero attached hydrogens (tertiary/aromatic N) is 2. The predicted molar refractivity (Wildman–Crippen MR) is 106 cm³/mol. The van der Waals surface area contributed by atoms with Crippen LogP contribution in [-0.2, 0) is 11.3 Å². The second-order valence-electron chi connectivity index (χ2n) is 6.53. The van der Waals surface area contributed by atoms with Crippen molar-refractivity contribution >= 4 is 17.3 Å². The van der Waals surface area contributed by atoms with Gasteiger partial charge in [0.15, 0.2) is 0 Å². The van der Waals surface area contributed by atoms with Crippen LogP contribution in [0.2, 0.25) is 0 Å². The Morgan fingerprint density at radius 1 is 1.25 bits per heavy atom. The van der Waals surface area contributed by atoms with Crippen LogP contribution >= 0.6 is 0 Å². The smallest absolute Gasteiger partial charge is 0.290 e. The summed E-state index contributed by atoms with van der Waals surface area (Å²) in [6, 6.07) is 8.72. The monoisotopic (exact) mass is 382 g/mol. The summed E-state index contributed by atoms with van der Waals surface area (Å²) < 4.78 is 11.8. The van der Waals surface area contributed by atoms with Crippen molar-refractivity contribution in [2.24, 2.45) is 0 Å². The molecule has 0 saturated heterocycles. The summed E-state index contributed by atoms with van der Waals surface area (Å²) in [5.41, 5.74) is 7.99. The summed E-state index contributed by atoms with van der Waals surface area (Å²) in [7, 11) is 1.52. The minimum Gasteiger partial charge on any atom is -0.495 e. The fourth-order valence-electron chi connectivity index (χ4n) is 2.93. The van der Waals surface area contributed by atoms with Gasteiger partial charge < -0.3 is 20.2 Å². The number of carbonyl (C=O) groups is 1. The molecule has 2 heterocycles. The summed E-state index contributed by atoms with van der Waals surface area (Å²) in [4.78, 5) is 24.9. The van der Waals surface area contributed by atoms with Crippen molar-refractivity contribution in [2.45, 2.75) is 27.3 Å². The van der Waals surface area contributed by atoms with E-state index >= 15 is 0 Å². The predicted octanol–water partition coefficient (Wildman–Crippen LogP) is 2.66. The van der Waals surface area contributed by atoms with Crippen molar-refractivity contribution in [1.82, 2.24) is 9.78 Å². The molecule has 28 heavy (non-hydrogen) atoms. The number of nitrogen functional groups attached to an aromatic ring is 1. The molecule has 0 aliphatic carbocycles. The van der Waals surface area contributed by atoms with E-state index < -0.39 is 11.5 Å². The quantitative estimate of drug-likeness (QED) is 0.701. The summed E-state index contributed by atoms with van der Waals surface area (Å²) in [6.07, 6.45) is 0. The van der Waals surface area contributed by atoms with E-state index in [1.807, 2.05) is 26.0 Å². The molecule has 3 rings (SSSR count). The maximum atomic E-state index is 12.5. The standard InChI is InChI=1S/C20H22N4O4/c1-11-5-6-18(27-4)17(7-11)22-19(25)10-24-20(26)15(21)9-16(23-24)14-8-12(2)28-13(14)3/h5-9H,10,21H2,1-4H3,(H,22,25). The molecule has 0 fully saturated rings. The average Bonchev–Trinajstić information content (AvgIpc) is 2.97. The Morgan fingerprint density at radius 2 is 2.00 bits per heavy atom. The first kappa shape index (κ1) is 19.2. The molecule has 0 bridgehead atoms. The van der Waals surface area contributed by atoms with E-state index in [0.717, 1.165) is 21.6 Å². The normalized spacial score (nSPS) is 10.7. The number of furan rings is 1. The first-order valence-corrected chi connectivity index (χ1v) is 8.68. The van der Waals surface area contributed by atoms with Gasteiger partial charge in [-0.05, 0) is 50.6 Å². The van der Waals surface area contributed by atoms with Crippen molar-refractivity contribution in [3.05, 3.63) is 57.8 Å². The fourth-order valence-corrected chi connectivity index (χ4v) is 2.93. The summed E-state index contributed by atoms with van der Waals surface area (Å²) in [5, 5.41) is 7.04. The van der Waals surface area contributed by atoms with Gasteiger partial charge in [0.25, 0.3) is 5.56 Å². The Balaban J connectivity index is 1.90. The van der Waals surface area contributed by atoms with Crippen LogP contribution in [0.4, 0.5) is 11.4 Å². The lowest BCUT2D eigenvalue weighted by Crippen LogP contribution is -2.31. The van der Waals surface area contributed by atoms with Crippen LogP contribution in [0, 0.1) is 20.8 Å². The van der Waals surface area contributed by atoms with Crippen molar-refractivity contribution in [3.63, 3.8) is 0 Å². The summed E-state index contributed by atoms with van der Waals surface area (Å²) >= 11 is 0. The summed E-state index contributed by atoms with van der Waals surface area (Å²) in [5.74, 6) is 1.48. The number of anilines is 2. The SMILES string of the molecule is COc1ccc(C)cc1NC(=O)Cn1nc(-c2cc(C)oc2C)cc(N)c1=O. The lowest BCUT2D eigenvalue weighted by Gasteiger charge is -2.12. The molecule has 3 N–H and O–H groups in total. The number of methoxy groups -OCH3 is 1. The van der Waals surface area contributed by atoms with Gasteiger partial charge in [0, 0.05) is 5.56 Å². The average molecular weight is 382 g/mol. The molecule has 2 aromatic heterocycles. The number of hydrogen-bond donors (Lipinski definition) is 2. The molecule has 0 spiro atoms. The largest absolute Gasteiger partial charge is 0.495 e. The maximum absolute atomic E-state index is 12.5. The van der Waals surface area contributed by atoms with E-state index in [2.05, 4.69) is 10.4 Å². The van der Waals surface area contributed by atoms with E-state index in [4.69, 9.17) is 14.9 Å². The van der Waals surface area contributed by atoms with Crippen LogP contribution in [0.25, 0.3) is 11.3 Å². The summed E-state index contributed by atoms with van der Waals surface area (Å²) in [6.45, 7) is 5.23. The van der Waals surface area contributed by atoms with Gasteiger partial charge >= 0.3 is 0 Å². The van der Waals surface area contributed by atoms with Gasteiger partial charge in [0.05, 0.1) is 18.5 Å². The van der Waals surface area contributed by atoms with Gasteiger partial charge in [-0.2, -0.15) is 5.10 Å². The first-order chi connectivity index (χ1) is 13.3. The van der Waals surface area contributed by atoms with Crippen molar-refractivity contribution in [2.75, 3.05) is 18.2 Å². The van der Waals surface area contributed by atoms with E-state index in [1.54, 1.807) is 19.1 Å². The zero-order valence-corrected chi connectivity index (χ0v) is 16.2. The highest BCUT2D eigenvalue weighted by molar-refractivity contribution is 5.92. The third-order valence-electron chi connectivity index (χ3n) is 4.24. The zero-order chi connectivity index (χ0) is 20.4. The highest BCUT2D eigenvalue weighted by atomic mass is 16.5. The number of rotatable bonds is 5. The van der Waals surface area contributed by atoms with Gasteiger partial charge in [-0.1, -0.05) is 6.07 Å². The fraction of sp³-hybridized carbons (Fsp3) is 0.250. The number of hydrogen-bond acceptors (Lipinski definition) is 6. The number of nitrogens with one attached hydrogen (secondary N) is 1. The van der Waals surface area contributed by atoms with Crippen LogP contribution in [0.3, 0.4) is 0 Å². The molecule has 0 aliphatic rings. The molecule has 1 amide bonds. The topological polar surface area (TPSA) is 112 Å². The van der Waals surface area contributed by atoms with Crippen LogP contribution in [-0.4, -0.2) is 22.8 Å². The Labute approximate surface area is 161 Å². The molecule has 0 aliphatic heterocycles. The number of amides is 1. The van der Waals surface area contributed by atoms with E-state index in [1.165, 1.54) is 13.2 Å². The number of aryl methyl sites for hydroxylation is 3. The number of nitrogens with two attached hydrogens (primary N) is 1. The lowest BCUT2D eigenvalue weighted by molar-refractivity contribution is -0.117. The Hall–Kier alpha value is -3.55. The van der Waals surface area contributed by atoms with E-state index in [9.17, 15) is 9.59 Å². The molecular formula is C20H22N4O4. The Morgan fingerprint density at radius 3 is 2.64 bits per heavy atom. The molecule has 0 atom stereocenters. The molecule has 8 heteroatoms. The highest BCUT2D eigenvalue weighted by Gasteiger charge is 2.15. The Kier molecular flexibility index (Phi) is 5.21. The third kappa shape index (κ3) is 3.90. The van der Waals surface area contributed by atoms with Gasteiger partial charge in [-0.3, -0.25) is 9.59 Å². The van der Waals surface area contributed by atoms with E-state index in [-0.39, 0.29) is 12.2 Å². The third-order valence-corrected chi connectivity index (χ3v) is 4.24. The number of carbonyl (C=O) groups excluding carboxylic acids is 1. The van der Waals surface area contributed by atoms with Crippen LogP contribution in [0.1, 0.15) is 17.1 Å². The van der Waals surface area contributed by atoms with Gasteiger partial charge in [0.2, 0.25) is 5.91 Å². The zero-order valence-electron chi connectivity index (χ0n) is 16.2. The maximum Gasteiger partial charge on any atom is 0.290 e. The lowest BCUT2D eigenvalue weighted by atomic mass is 10.1. The van der Waals surface area contributed by atoms with E-state index in [0.29, 0.717) is 22.9 Å². The van der Waals surface area contributed by atoms with Crippen molar-refractivity contribution < 1.29 is 13.9 Å². The van der Waals surface area contributed by atoms with Crippen LogP contribution in [0.5, 0.6) is 5.75 Å². The van der Waals surface area contributed by atoms with Crippen LogP contribution in [0.15, 0.2) is 39.5 Å². The van der Waals surface area contributed by atoms with Gasteiger partial charge in [0.1, 0.15) is 29.5 Å². The van der Waals surface area contributed by atoms with Gasteiger partial charge in [-0.25, -0.2) is 4.68 Å².